The summed E-state index contributed by atoms with van der Waals surface area (Å²) in [7, 11) is 1.87. The second-order valence-electron chi connectivity index (χ2n) is 5.96. The third-order valence-corrected chi connectivity index (χ3v) is 5.36. The molecule has 3 aromatic rings. The molecule has 0 radical (unpaired) electrons. The standard InChI is InChI=1S/C17H20N6S/c1-18-16-10-19-9-13(21-16)14-4-2-6-23(14)11-12-8-20-22-17(12)15-5-3-7-24-15/h3,5,7-10,14H,2,4,6,11H2,1H3,(H,18,21)(H,20,22)/t14-/m1/s1. The van der Waals surface area contributed by atoms with Gasteiger partial charge in [0.15, 0.2) is 0 Å². The molecule has 0 amide bonds. The number of H-pyrrole nitrogens is 1. The zero-order chi connectivity index (χ0) is 16.4. The van der Waals surface area contributed by atoms with Crippen molar-refractivity contribution >= 4 is 17.2 Å². The molecular weight excluding hydrogens is 320 g/mol. The normalized spacial score (nSPS) is 18.1. The average molecular weight is 340 g/mol. The Balaban J connectivity index is 1.57. The summed E-state index contributed by atoms with van der Waals surface area (Å²) in [6, 6.07) is 4.52. The van der Waals surface area contributed by atoms with Crippen molar-refractivity contribution in [3.05, 3.63) is 47.4 Å². The molecule has 24 heavy (non-hydrogen) atoms. The third-order valence-electron chi connectivity index (χ3n) is 4.47. The number of aromatic nitrogens is 4. The van der Waals surface area contributed by atoms with E-state index < -0.39 is 0 Å². The molecule has 7 heteroatoms. The molecule has 3 aromatic heterocycles. The van der Waals surface area contributed by atoms with Crippen molar-refractivity contribution in [2.24, 2.45) is 0 Å². The number of hydrogen-bond acceptors (Lipinski definition) is 6. The molecule has 0 saturated carbocycles. The minimum absolute atomic E-state index is 0.317. The second-order valence-corrected chi connectivity index (χ2v) is 6.90. The van der Waals surface area contributed by atoms with E-state index in [9.17, 15) is 0 Å². The fourth-order valence-electron chi connectivity index (χ4n) is 3.30. The molecule has 1 aliphatic heterocycles. The fourth-order valence-corrected chi connectivity index (χ4v) is 4.05. The van der Waals surface area contributed by atoms with Crippen LogP contribution in [0.1, 0.15) is 30.1 Å². The first-order valence-corrected chi connectivity index (χ1v) is 9.03. The Labute approximate surface area is 145 Å². The van der Waals surface area contributed by atoms with Crippen LogP contribution < -0.4 is 5.32 Å². The molecule has 0 spiro atoms. The van der Waals surface area contributed by atoms with E-state index in [0.29, 0.717) is 6.04 Å². The highest BCUT2D eigenvalue weighted by Gasteiger charge is 2.28. The predicted octanol–water partition coefficient (Wildman–Crippen LogP) is 3.31. The van der Waals surface area contributed by atoms with E-state index in [2.05, 4.69) is 47.9 Å². The van der Waals surface area contributed by atoms with Gasteiger partial charge in [0.1, 0.15) is 5.82 Å². The van der Waals surface area contributed by atoms with E-state index in [-0.39, 0.29) is 0 Å². The Bertz CT molecular complexity index is 797. The molecular formula is C17H20N6S. The maximum absolute atomic E-state index is 4.69. The number of nitrogens with one attached hydrogen (secondary N) is 2. The minimum atomic E-state index is 0.317. The average Bonchev–Trinajstić information content (AvgIpc) is 3.36. The number of aromatic amines is 1. The van der Waals surface area contributed by atoms with Crippen LogP contribution in [-0.4, -0.2) is 38.7 Å². The minimum Gasteiger partial charge on any atom is -0.372 e. The van der Waals surface area contributed by atoms with Crippen molar-refractivity contribution in [3.8, 4) is 10.6 Å². The van der Waals surface area contributed by atoms with Crippen LogP contribution in [0.25, 0.3) is 10.6 Å². The zero-order valence-corrected chi connectivity index (χ0v) is 14.4. The molecule has 0 aliphatic carbocycles. The third kappa shape index (κ3) is 2.92. The van der Waals surface area contributed by atoms with E-state index in [0.717, 1.165) is 36.7 Å². The van der Waals surface area contributed by atoms with E-state index in [4.69, 9.17) is 0 Å². The molecule has 0 bridgehead atoms. The number of hydrogen-bond donors (Lipinski definition) is 2. The van der Waals surface area contributed by atoms with Crippen LogP contribution in [0.3, 0.4) is 0 Å². The molecule has 6 nitrogen and oxygen atoms in total. The highest BCUT2D eigenvalue weighted by atomic mass is 32.1. The molecule has 1 aliphatic rings. The molecule has 0 unspecified atom stereocenters. The Morgan fingerprint density at radius 3 is 3.17 bits per heavy atom. The smallest absolute Gasteiger partial charge is 0.144 e. The van der Waals surface area contributed by atoms with Gasteiger partial charge in [0.25, 0.3) is 0 Å². The van der Waals surface area contributed by atoms with Crippen molar-refractivity contribution < 1.29 is 0 Å². The Kier molecular flexibility index (Phi) is 4.27. The first kappa shape index (κ1) is 15.3. The van der Waals surface area contributed by atoms with Gasteiger partial charge in [-0.15, -0.1) is 11.3 Å². The molecule has 1 fully saturated rings. The van der Waals surface area contributed by atoms with Crippen molar-refractivity contribution in [1.82, 2.24) is 25.1 Å². The summed E-state index contributed by atoms with van der Waals surface area (Å²) < 4.78 is 0. The molecule has 1 saturated heterocycles. The summed E-state index contributed by atoms with van der Waals surface area (Å²) >= 11 is 1.73. The van der Waals surface area contributed by atoms with Crippen LogP contribution in [0.5, 0.6) is 0 Å². The van der Waals surface area contributed by atoms with Gasteiger partial charge in [0.05, 0.1) is 40.9 Å². The van der Waals surface area contributed by atoms with Gasteiger partial charge in [-0.2, -0.15) is 5.10 Å². The molecule has 0 aromatic carbocycles. The van der Waals surface area contributed by atoms with Crippen LogP contribution in [0.15, 0.2) is 36.1 Å². The van der Waals surface area contributed by atoms with E-state index in [1.807, 2.05) is 19.4 Å². The quantitative estimate of drug-likeness (QED) is 0.746. The first-order chi connectivity index (χ1) is 11.8. The number of anilines is 1. The topological polar surface area (TPSA) is 69.7 Å². The lowest BCUT2D eigenvalue weighted by Crippen LogP contribution is -2.23. The van der Waals surface area contributed by atoms with Crippen LogP contribution in [0, 0.1) is 0 Å². The van der Waals surface area contributed by atoms with Gasteiger partial charge < -0.3 is 5.32 Å². The summed E-state index contributed by atoms with van der Waals surface area (Å²) in [6.45, 7) is 1.95. The van der Waals surface area contributed by atoms with Crippen LogP contribution in [-0.2, 0) is 6.54 Å². The summed E-state index contributed by atoms with van der Waals surface area (Å²) in [5, 5.41) is 12.6. The highest BCUT2D eigenvalue weighted by molar-refractivity contribution is 7.13. The largest absolute Gasteiger partial charge is 0.372 e. The van der Waals surface area contributed by atoms with Gasteiger partial charge in [-0.05, 0) is 30.8 Å². The van der Waals surface area contributed by atoms with Gasteiger partial charge in [-0.1, -0.05) is 6.07 Å². The van der Waals surface area contributed by atoms with Gasteiger partial charge in [0.2, 0.25) is 0 Å². The van der Waals surface area contributed by atoms with Crippen molar-refractivity contribution in [3.63, 3.8) is 0 Å². The lowest BCUT2D eigenvalue weighted by molar-refractivity contribution is 0.244. The van der Waals surface area contributed by atoms with E-state index in [1.54, 1.807) is 17.5 Å². The number of rotatable bonds is 5. The number of thiophene rings is 1. The molecule has 2 N–H and O–H groups in total. The monoisotopic (exact) mass is 340 g/mol. The Morgan fingerprint density at radius 2 is 2.33 bits per heavy atom. The van der Waals surface area contributed by atoms with Crippen molar-refractivity contribution in [2.45, 2.75) is 25.4 Å². The summed E-state index contributed by atoms with van der Waals surface area (Å²) in [4.78, 5) is 12.7. The molecule has 4 rings (SSSR count). The molecule has 1 atom stereocenters. The first-order valence-electron chi connectivity index (χ1n) is 8.15. The lowest BCUT2D eigenvalue weighted by Gasteiger charge is -2.24. The number of likely N-dealkylation sites (tertiary alicyclic amines) is 1. The zero-order valence-electron chi connectivity index (χ0n) is 13.6. The Hall–Kier alpha value is -2.25. The van der Waals surface area contributed by atoms with Gasteiger partial charge in [-0.3, -0.25) is 15.0 Å². The SMILES string of the molecule is CNc1cncc([C@H]2CCCN2Cc2cn[nH]c2-c2cccs2)n1. The van der Waals surface area contributed by atoms with E-state index >= 15 is 0 Å². The maximum Gasteiger partial charge on any atom is 0.144 e. The highest BCUT2D eigenvalue weighted by Crippen LogP contribution is 2.34. The van der Waals surface area contributed by atoms with Crippen LogP contribution >= 0.6 is 11.3 Å². The summed E-state index contributed by atoms with van der Waals surface area (Å²) in [5.74, 6) is 0.821. The summed E-state index contributed by atoms with van der Waals surface area (Å²) in [6.07, 6.45) is 7.89. The van der Waals surface area contributed by atoms with Crippen LogP contribution in [0.4, 0.5) is 5.82 Å². The van der Waals surface area contributed by atoms with Gasteiger partial charge in [-0.25, -0.2) is 4.98 Å². The van der Waals surface area contributed by atoms with Gasteiger partial charge >= 0.3 is 0 Å². The van der Waals surface area contributed by atoms with Crippen molar-refractivity contribution in [2.75, 3.05) is 18.9 Å². The number of nitrogens with zero attached hydrogens (tertiary/aromatic N) is 4. The molecule has 124 valence electrons. The Morgan fingerprint density at radius 1 is 1.38 bits per heavy atom. The predicted molar refractivity (Wildman–Crippen MR) is 95.9 cm³/mol. The van der Waals surface area contributed by atoms with Gasteiger partial charge in [0, 0.05) is 19.2 Å². The lowest BCUT2D eigenvalue weighted by atomic mass is 10.1. The summed E-state index contributed by atoms with van der Waals surface area (Å²) in [5.41, 5.74) is 3.41. The van der Waals surface area contributed by atoms with Crippen molar-refractivity contribution in [1.29, 1.82) is 0 Å². The van der Waals surface area contributed by atoms with E-state index in [1.165, 1.54) is 16.9 Å². The second kappa shape index (κ2) is 6.70. The fraction of sp³-hybridized carbons (Fsp3) is 0.353. The molecule has 4 heterocycles. The van der Waals surface area contributed by atoms with Crippen LogP contribution in [0.2, 0.25) is 0 Å². The maximum atomic E-state index is 4.69.